The summed E-state index contributed by atoms with van der Waals surface area (Å²) in [5, 5.41) is 20.6. The van der Waals surface area contributed by atoms with Gasteiger partial charge in [0, 0.05) is 24.9 Å². The molecule has 0 spiro atoms. The van der Waals surface area contributed by atoms with E-state index in [2.05, 4.69) is 12.2 Å². The molecule has 0 heterocycles. The first-order valence-corrected chi connectivity index (χ1v) is 7.95. The summed E-state index contributed by atoms with van der Waals surface area (Å²) in [7, 11) is 0. The lowest BCUT2D eigenvalue weighted by Gasteiger charge is -2.14. The third kappa shape index (κ3) is 6.80. The second-order valence-electron chi connectivity index (χ2n) is 4.38. The van der Waals surface area contributed by atoms with Gasteiger partial charge < -0.3 is 15.2 Å². The highest BCUT2D eigenvalue weighted by molar-refractivity contribution is 7.99. The topological polar surface area (TPSA) is 65.3 Å². The van der Waals surface area contributed by atoms with Gasteiger partial charge in [-0.25, -0.2) is 0 Å². The number of hydrogen-bond acceptors (Lipinski definition) is 5. The van der Waals surface area contributed by atoms with Crippen LogP contribution in [0.2, 0.25) is 0 Å². The van der Waals surface area contributed by atoms with Crippen LogP contribution in [0.1, 0.15) is 24.9 Å². The molecule has 1 rings (SSSR count). The van der Waals surface area contributed by atoms with Gasteiger partial charge in [0.2, 0.25) is 0 Å². The zero-order chi connectivity index (χ0) is 14.6. The number of nitrogens with zero attached hydrogens (tertiary/aromatic N) is 1. The van der Waals surface area contributed by atoms with Crippen molar-refractivity contribution in [3.8, 4) is 11.8 Å². The molecule has 0 radical (unpaired) electrons. The van der Waals surface area contributed by atoms with Crippen LogP contribution in [0.3, 0.4) is 0 Å². The van der Waals surface area contributed by atoms with Crippen molar-refractivity contribution in [3.63, 3.8) is 0 Å². The average Bonchev–Trinajstić information content (AvgIpc) is 2.49. The first-order chi connectivity index (χ1) is 9.77. The van der Waals surface area contributed by atoms with Crippen LogP contribution in [0.5, 0.6) is 5.75 Å². The minimum Gasteiger partial charge on any atom is -0.479 e. The number of benzene rings is 1. The second-order valence-corrected chi connectivity index (χ2v) is 5.61. The maximum absolute atomic E-state index is 8.68. The molecular weight excluding hydrogens is 272 g/mol. The Morgan fingerprint density at radius 1 is 1.35 bits per heavy atom. The van der Waals surface area contributed by atoms with E-state index in [0.717, 1.165) is 30.2 Å². The number of aliphatic hydroxyl groups is 1. The van der Waals surface area contributed by atoms with E-state index in [-0.39, 0.29) is 13.2 Å². The Kier molecular flexibility index (Phi) is 8.88. The van der Waals surface area contributed by atoms with E-state index in [1.54, 1.807) is 0 Å². The van der Waals surface area contributed by atoms with Crippen LogP contribution in [-0.4, -0.2) is 36.4 Å². The summed E-state index contributed by atoms with van der Waals surface area (Å²) in [5.41, 5.74) is 1.20. The lowest BCUT2D eigenvalue weighted by molar-refractivity contribution is 0.296. The number of nitriles is 1. The summed E-state index contributed by atoms with van der Waals surface area (Å²) in [5.74, 6) is 2.78. The molecule has 2 N–H and O–H groups in total. The van der Waals surface area contributed by atoms with Crippen LogP contribution < -0.4 is 10.1 Å². The Hall–Kier alpha value is -1.22. The number of thioether (sulfide) groups is 1. The third-order valence-corrected chi connectivity index (χ3v) is 3.90. The first kappa shape index (κ1) is 16.8. The zero-order valence-electron chi connectivity index (χ0n) is 11.8. The minimum absolute atomic E-state index is 0.0816. The second kappa shape index (κ2) is 10.6. The zero-order valence-corrected chi connectivity index (χ0v) is 12.7. The summed E-state index contributed by atoms with van der Waals surface area (Å²) in [6, 6.07) is 10.1. The molecule has 0 aliphatic rings. The molecule has 0 aliphatic carbocycles. The van der Waals surface area contributed by atoms with Gasteiger partial charge in [-0.1, -0.05) is 12.1 Å². The molecule has 0 saturated carbocycles. The van der Waals surface area contributed by atoms with Crippen molar-refractivity contribution in [2.24, 2.45) is 0 Å². The molecular formula is C15H22N2O2S. The van der Waals surface area contributed by atoms with Crippen molar-refractivity contribution in [3.05, 3.63) is 29.8 Å². The van der Waals surface area contributed by atoms with E-state index >= 15 is 0 Å². The number of rotatable bonds is 10. The van der Waals surface area contributed by atoms with Crippen LogP contribution >= 0.6 is 11.8 Å². The molecule has 0 amide bonds. The van der Waals surface area contributed by atoms with Gasteiger partial charge in [0.25, 0.3) is 0 Å². The summed E-state index contributed by atoms with van der Waals surface area (Å²) >= 11 is 1.85. The number of hydrogen-bond donors (Lipinski definition) is 2. The van der Waals surface area contributed by atoms with Crippen LogP contribution in [0.4, 0.5) is 0 Å². The molecule has 0 bridgehead atoms. The predicted molar refractivity (Wildman–Crippen MR) is 83.0 cm³/mol. The van der Waals surface area contributed by atoms with Crippen molar-refractivity contribution in [2.45, 2.75) is 19.4 Å². The highest BCUT2D eigenvalue weighted by Gasteiger charge is 2.04. The Morgan fingerprint density at radius 2 is 2.10 bits per heavy atom. The van der Waals surface area contributed by atoms with E-state index in [1.807, 2.05) is 42.1 Å². The molecule has 1 aromatic carbocycles. The molecule has 1 aromatic rings. The normalized spacial score (nSPS) is 11.8. The van der Waals surface area contributed by atoms with Crippen molar-refractivity contribution in [2.75, 3.05) is 31.3 Å². The smallest absolute Gasteiger partial charge is 0.174 e. The van der Waals surface area contributed by atoms with Gasteiger partial charge in [0.05, 0.1) is 0 Å². The van der Waals surface area contributed by atoms with E-state index in [9.17, 15) is 0 Å². The van der Waals surface area contributed by atoms with Gasteiger partial charge in [-0.3, -0.25) is 0 Å². The maximum Gasteiger partial charge on any atom is 0.174 e. The SMILES string of the molecule is CC(NCCSCCCO)c1ccc(OCC#N)cc1. The van der Waals surface area contributed by atoms with Crippen LogP contribution in [0.15, 0.2) is 24.3 Å². The standard InChI is InChI=1S/C15H22N2O2S/c1-13(17-8-12-20-11-2-9-18)14-3-5-15(6-4-14)19-10-7-16/h3-6,13,17-18H,2,8-12H2,1H3. The Balaban J connectivity index is 2.25. The fraction of sp³-hybridized carbons (Fsp3) is 0.533. The highest BCUT2D eigenvalue weighted by Crippen LogP contribution is 2.17. The summed E-state index contributed by atoms with van der Waals surface area (Å²) in [6.07, 6.45) is 0.865. The monoisotopic (exact) mass is 294 g/mol. The van der Waals surface area contributed by atoms with Crippen molar-refractivity contribution < 1.29 is 9.84 Å². The summed E-state index contributed by atoms with van der Waals surface area (Å²) < 4.78 is 5.22. The molecule has 0 aliphatic heterocycles. The number of nitrogens with one attached hydrogen (secondary N) is 1. The highest BCUT2D eigenvalue weighted by atomic mass is 32.2. The summed E-state index contributed by atoms with van der Waals surface area (Å²) in [4.78, 5) is 0. The van der Waals surface area contributed by atoms with E-state index < -0.39 is 0 Å². The van der Waals surface area contributed by atoms with Gasteiger partial charge >= 0.3 is 0 Å². The molecule has 5 heteroatoms. The molecule has 110 valence electrons. The molecule has 0 fully saturated rings. The van der Waals surface area contributed by atoms with Crippen LogP contribution in [-0.2, 0) is 0 Å². The Bertz CT molecular complexity index is 403. The van der Waals surface area contributed by atoms with Crippen molar-refractivity contribution in [1.82, 2.24) is 5.32 Å². The fourth-order valence-electron chi connectivity index (χ4n) is 1.70. The lowest BCUT2D eigenvalue weighted by atomic mass is 10.1. The van der Waals surface area contributed by atoms with E-state index in [1.165, 1.54) is 5.56 Å². The van der Waals surface area contributed by atoms with Crippen LogP contribution in [0, 0.1) is 11.3 Å². The quantitative estimate of drug-likeness (QED) is 0.649. The maximum atomic E-state index is 8.68. The molecule has 0 aromatic heterocycles. The first-order valence-electron chi connectivity index (χ1n) is 6.79. The molecule has 1 atom stereocenters. The third-order valence-electron chi connectivity index (χ3n) is 2.83. The Morgan fingerprint density at radius 3 is 2.75 bits per heavy atom. The van der Waals surface area contributed by atoms with Gasteiger partial charge in [0.15, 0.2) is 6.61 Å². The van der Waals surface area contributed by atoms with Gasteiger partial charge in [-0.05, 0) is 36.8 Å². The van der Waals surface area contributed by atoms with E-state index in [4.69, 9.17) is 15.1 Å². The van der Waals surface area contributed by atoms with Gasteiger partial charge in [-0.15, -0.1) is 0 Å². The Labute approximate surface area is 125 Å². The van der Waals surface area contributed by atoms with Gasteiger partial charge in [-0.2, -0.15) is 17.0 Å². The van der Waals surface area contributed by atoms with Gasteiger partial charge in [0.1, 0.15) is 11.8 Å². The largest absolute Gasteiger partial charge is 0.479 e. The fourth-order valence-corrected chi connectivity index (χ4v) is 2.50. The molecule has 1 unspecified atom stereocenters. The van der Waals surface area contributed by atoms with E-state index in [0.29, 0.717) is 6.04 Å². The lowest BCUT2D eigenvalue weighted by Crippen LogP contribution is -2.21. The summed E-state index contributed by atoms with van der Waals surface area (Å²) in [6.45, 7) is 3.43. The van der Waals surface area contributed by atoms with Crippen molar-refractivity contribution >= 4 is 11.8 Å². The molecule has 4 nitrogen and oxygen atoms in total. The molecule has 0 saturated heterocycles. The minimum atomic E-state index is 0.0816. The van der Waals surface area contributed by atoms with Crippen LogP contribution in [0.25, 0.3) is 0 Å². The average molecular weight is 294 g/mol. The molecule has 20 heavy (non-hydrogen) atoms. The predicted octanol–water partition coefficient (Wildman–Crippen LogP) is 2.36. The number of aliphatic hydroxyl groups excluding tert-OH is 1. The number of ether oxygens (including phenoxy) is 1. The van der Waals surface area contributed by atoms with Crippen molar-refractivity contribution in [1.29, 1.82) is 5.26 Å².